The van der Waals surface area contributed by atoms with Crippen LogP contribution in [0.15, 0.2) is 29.3 Å². The van der Waals surface area contributed by atoms with Gasteiger partial charge in [-0.25, -0.2) is 9.78 Å². The molecule has 0 saturated heterocycles. The number of carbonyl (C=O) groups excluding carboxylic acids is 2. The summed E-state index contributed by atoms with van der Waals surface area (Å²) in [5, 5.41) is 2.17. The number of nitrogens with zero attached hydrogens (tertiary/aromatic N) is 2. The summed E-state index contributed by atoms with van der Waals surface area (Å²) < 4.78 is 1.07. The van der Waals surface area contributed by atoms with Gasteiger partial charge in [0.2, 0.25) is 5.91 Å². The molecule has 3 amide bonds. The third-order valence-electron chi connectivity index (χ3n) is 2.42. The minimum Gasteiger partial charge on any atom is -0.399 e. The predicted octanol–water partition coefficient (Wildman–Crippen LogP) is -0.826. The number of amides is 3. The average Bonchev–Trinajstić information content (AvgIpc) is 2.32. The van der Waals surface area contributed by atoms with Crippen LogP contribution in [0.2, 0.25) is 0 Å². The van der Waals surface area contributed by atoms with Gasteiger partial charge in [-0.1, -0.05) is 0 Å². The summed E-state index contributed by atoms with van der Waals surface area (Å²) in [6, 6.07) is 3.74. The predicted molar refractivity (Wildman–Crippen MR) is 68.1 cm³/mol. The Balaban J connectivity index is 2.40. The highest BCUT2D eigenvalue weighted by atomic mass is 16.2. The van der Waals surface area contributed by atoms with Gasteiger partial charge in [-0.05, 0) is 18.2 Å². The summed E-state index contributed by atoms with van der Waals surface area (Å²) in [6.45, 7) is -0.348. The molecule has 0 spiro atoms. The van der Waals surface area contributed by atoms with Gasteiger partial charge in [-0.15, -0.1) is 0 Å². The number of hydrogen-bond donors (Lipinski definition) is 3. The van der Waals surface area contributed by atoms with Crippen molar-refractivity contribution in [3.8, 4) is 0 Å². The van der Waals surface area contributed by atoms with E-state index in [4.69, 9.17) is 11.5 Å². The molecule has 98 valence electrons. The molecule has 1 aromatic heterocycles. The van der Waals surface area contributed by atoms with Crippen LogP contribution in [0.25, 0.3) is 10.9 Å². The fourth-order valence-electron chi connectivity index (χ4n) is 1.62. The number of rotatable bonds is 2. The van der Waals surface area contributed by atoms with Gasteiger partial charge in [0.15, 0.2) is 0 Å². The number of primary amides is 1. The molecule has 5 N–H and O–H groups in total. The van der Waals surface area contributed by atoms with Crippen molar-refractivity contribution < 1.29 is 9.59 Å². The summed E-state index contributed by atoms with van der Waals surface area (Å²) in [6.07, 6.45) is 1.22. The third-order valence-corrected chi connectivity index (χ3v) is 2.42. The Kier molecular flexibility index (Phi) is 3.15. The van der Waals surface area contributed by atoms with E-state index >= 15 is 0 Å². The number of nitrogens with two attached hydrogens (primary N) is 2. The van der Waals surface area contributed by atoms with Gasteiger partial charge in [0.05, 0.1) is 17.2 Å². The van der Waals surface area contributed by atoms with E-state index in [1.165, 1.54) is 12.4 Å². The molecule has 0 atom stereocenters. The Morgan fingerprint density at radius 1 is 1.37 bits per heavy atom. The van der Waals surface area contributed by atoms with Crippen LogP contribution in [-0.4, -0.2) is 21.5 Å². The molecule has 19 heavy (non-hydrogen) atoms. The van der Waals surface area contributed by atoms with E-state index in [0.717, 1.165) is 4.57 Å². The van der Waals surface area contributed by atoms with E-state index in [-0.39, 0.29) is 6.54 Å². The van der Waals surface area contributed by atoms with E-state index in [9.17, 15) is 14.4 Å². The quantitative estimate of drug-likeness (QED) is 0.607. The Morgan fingerprint density at radius 2 is 2.11 bits per heavy atom. The third kappa shape index (κ3) is 2.68. The average molecular weight is 261 g/mol. The zero-order chi connectivity index (χ0) is 14.0. The molecule has 2 rings (SSSR count). The molecule has 0 fully saturated rings. The lowest BCUT2D eigenvalue weighted by Crippen LogP contribution is -2.39. The first-order valence-electron chi connectivity index (χ1n) is 5.31. The zero-order valence-corrected chi connectivity index (χ0v) is 9.79. The minimum absolute atomic E-state index is 0.300. The Bertz CT molecular complexity index is 722. The van der Waals surface area contributed by atoms with Crippen LogP contribution < -0.4 is 22.3 Å². The lowest BCUT2D eigenvalue weighted by molar-refractivity contribution is -0.120. The van der Waals surface area contributed by atoms with Crippen LogP contribution in [-0.2, 0) is 11.3 Å². The zero-order valence-electron chi connectivity index (χ0n) is 9.79. The van der Waals surface area contributed by atoms with Crippen molar-refractivity contribution >= 4 is 28.5 Å². The molecule has 0 aliphatic heterocycles. The summed E-state index contributed by atoms with van der Waals surface area (Å²) in [4.78, 5) is 38.0. The molecule has 8 nitrogen and oxygen atoms in total. The molecule has 0 radical (unpaired) electrons. The molecule has 2 aromatic rings. The van der Waals surface area contributed by atoms with Crippen molar-refractivity contribution in [2.45, 2.75) is 6.54 Å². The first kappa shape index (κ1) is 12.6. The number of anilines is 1. The molecule has 0 aliphatic carbocycles. The number of nitrogen functional groups attached to an aromatic ring is 1. The van der Waals surface area contributed by atoms with E-state index in [1.807, 2.05) is 5.32 Å². The van der Waals surface area contributed by atoms with Crippen LogP contribution >= 0.6 is 0 Å². The van der Waals surface area contributed by atoms with Crippen molar-refractivity contribution in [2.75, 3.05) is 5.73 Å². The van der Waals surface area contributed by atoms with Gasteiger partial charge in [0.25, 0.3) is 5.56 Å². The van der Waals surface area contributed by atoms with E-state index < -0.39 is 17.5 Å². The van der Waals surface area contributed by atoms with Gasteiger partial charge < -0.3 is 11.5 Å². The number of carbonyl (C=O) groups is 2. The fourth-order valence-corrected chi connectivity index (χ4v) is 1.62. The fraction of sp³-hybridized carbons (Fsp3) is 0.0909. The van der Waals surface area contributed by atoms with E-state index in [2.05, 4.69) is 4.98 Å². The highest BCUT2D eigenvalue weighted by Gasteiger charge is 2.09. The molecule has 0 bridgehead atoms. The van der Waals surface area contributed by atoms with Crippen molar-refractivity contribution in [3.05, 3.63) is 34.9 Å². The van der Waals surface area contributed by atoms with Gasteiger partial charge in [-0.3, -0.25) is 19.5 Å². The summed E-state index contributed by atoms with van der Waals surface area (Å²) >= 11 is 0. The molecule has 0 aliphatic rings. The molecule has 0 saturated carbocycles. The number of fused-ring (bicyclic) bond motifs is 1. The first-order chi connectivity index (χ1) is 8.97. The number of urea groups is 1. The van der Waals surface area contributed by atoms with Crippen LogP contribution in [0.1, 0.15) is 0 Å². The summed E-state index contributed by atoms with van der Waals surface area (Å²) in [5.41, 5.74) is 10.9. The maximum atomic E-state index is 12.1. The number of aromatic nitrogens is 2. The van der Waals surface area contributed by atoms with Gasteiger partial charge in [0, 0.05) is 5.69 Å². The van der Waals surface area contributed by atoms with Gasteiger partial charge >= 0.3 is 6.03 Å². The first-order valence-corrected chi connectivity index (χ1v) is 5.31. The Morgan fingerprint density at radius 3 is 2.79 bits per heavy atom. The molecular formula is C11H11N5O3. The highest BCUT2D eigenvalue weighted by molar-refractivity contribution is 5.93. The largest absolute Gasteiger partial charge is 0.399 e. The van der Waals surface area contributed by atoms with Crippen LogP contribution in [0.4, 0.5) is 10.5 Å². The standard InChI is InChI=1S/C11H11N5O3/c12-6-1-2-8-7(3-6)10(18)16(5-14-8)4-9(17)15-11(13)19/h1-3,5H,4,12H2,(H3,13,15,17,19). The maximum absolute atomic E-state index is 12.1. The number of hydrogen-bond acceptors (Lipinski definition) is 5. The normalized spacial score (nSPS) is 10.3. The van der Waals surface area contributed by atoms with Crippen LogP contribution in [0, 0.1) is 0 Å². The second-order valence-electron chi connectivity index (χ2n) is 3.87. The molecule has 8 heteroatoms. The molecule has 0 unspecified atom stereocenters. The number of imide groups is 1. The SMILES string of the molecule is NC(=O)NC(=O)Cn1cnc2ccc(N)cc2c1=O. The Hall–Kier alpha value is -2.90. The summed E-state index contributed by atoms with van der Waals surface area (Å²) in [7, 11) is 0. The topological polar surface area (TPSA) is 133 Å². The number of nitrogens with one attached hydrogen (secondary N) is 1. The van der Waals surface area contributed by atoms with Crippen molar-refractivity contribution in [1.82, 2.24) is 14.9 Å². The second-order valence-corrected chi connectivity index (χ2v) is 3.87. The highest BCUT2D eigenvalue weighted by Crippen LogP contribution is 2.10. The molecule has 1 heterocycles. The maximum Gasteiger partial charge on any atom is 0.318 e. The number of benzene rings is 1. The van der Waals surface area contributed by atoms with Crippen molar-refractivity contribution in [1.29, 1.82) is 0 Å². The minimum atomic E-state index is -0.976. The monoisotopic (exact) mass is 261 g/mol. The smallest absolute Gasteiger partial charge is 0.318 e. The van der Waals surface area contributed by atoms with Crippen molar-refractivity contribution in [2.24, 2.45) is 5.73 Å². The van der Waals surface area contributed by atoms with E-state index in [1.54, 1.807) is 12.1 Å². The molecular weight excluding hydrogens is 250 g/mol. The lowest BCUT2D eigenvalue weighted by Gasteiger charge is -2.06. The molecule has 1 aromatic carbocycles. The summed E-state index contributed by atoms with van der Waals surface area (Å²) in [5.74, 6) is -0.695. The van der Waals surface area contributed by atoms with Crippen molar-refractivity contribution in [3.63, 3.8) is 0 Å². The van der Waals surface area contributed by atoms with Gasteiger partial charge in [0.1, 0.15) is 6.54 Å². The van der Waals surface area contributed by atoms with E-state index in [0.29, 0.717) is 16.6 Å². The second kappa shape index (κ2) is 4.77. The Labute approximate surface area is 107 Å². The van der Waals surface area contributed by atoms with Gasteiger partial charge in [-0.2, -0.15) is 0 Å². The lowest BCUT2D eigenvalue weighted by atomic mass is 10.2. The van der Waals surface area contributed by atoms with Crippen LogP contribution in [0.5, 0.6) is 0 Å². The van der Waals surface area contributed by atoms with Crippen LogP contribution in [0.3, 0.4) is 0 Å².